The van der Waals surface area contributed by atoms with Crippen LogP contribution in [-0.4, -0.2) is 74.0 Å². The predicted octanol–water partition coefficient (Wildman–Crippen LogP) is -0.344. The van der Waals surface area contributed by atoms with Gasteiger partial charge in [-0.1, -0.05) is 0 Å². The third-order valence-electron chi connectivity index (χ3n) is 5.51. The number of piperidine rings is 1. The quantitative estimate of drug-likeness (QED) is 0.745. The van der Waals surface area contributed by atoms with Crippen molar-refractivity contribution in [3.05, 3.63) is 0 Å². The maximum Gasteiger partial charge on any atom is 0.234 e. The molecule has 2 aliphatic heterocycles. The molecule has 0 aromatic carbocycles. The van der Waals surface area contributed by atoms with Crippen LogP contribution in [0.3, 0.4) is 0 Å². The first-order chi connectivity index (χ1) is 10.6. The van der Waals surface area contributed by atoms with Gasteiger partial charge in [0.2, 0.25) is 11.8 Å². The van der Waals surface area contributed by atoms with Crippen LogP contribution in [0.2, 0.25) is 0 Å². The van der Waals surface area contributed by atoms with Gasteiger partial charge in [0.1, 0.15) is 0 Å². The molecule has 1 atom stereocenters. The summed E-state index contributed by atoms with van der Waals surface area (Å²) in [6.45, 7) is 8.33. The van der Waals surface area contributed by atoms with Gasteiger partial charge in [-0.2, -0.15) is 0 Å². The van der Waals surface area contributed by atoms with Gasteiger partial charge < -0.3 is 15.5 Å². The average Bonchev–Trinajstić information content (AvgIpc) is 3.21. The molecule has 1 spiro atoms. The summed E-state index contributed by atoms with van der Waals surface area (Å²) < 4.78 is 0. The lowest BCUT2D eigenvalue weighted by molar-refractivity contribution is -0.135. The van der Waals surface area contributed by atoms with E-state index in [1.807, 2.05) is 11.8 Å². The fourth-order valence-corrected chi connectivity index (χ4v) is 3.98. The standard InChI is InChI=1S/C16H28N4O2/c1-2-18-14(21)12-19-7-9-20(10-8-19)15(22)13-11-16(13)3-5-17-6-4-16/h13,17H,2-12H2,1H3,(H,18,21). The van der Waals surface area contributed by atoms with Crippen LogP contribution in [0.1, 0.15) is 26.2 Å². The minimum Gasteiger partial charge on any atom is -0.355 e. The van der Waals surface area contributed by atoms with Gasteiger partial charge in [0.05, 0.1) is 6.54 Å². The molecule has 1 saturated carbocycles. The van der Waals surface area contributed by atoms with Gasteiger partial charge in [-0.25, -0.2) is 0 Å². The molecule has 0 aromatic heterocycles. The summed E-state index contributed by atoms with van der Waals surface area (Å²) in [4.78, 5) is 28.4. The smallest absolute Gasteiger partial charge is 0.234 e. The molecule has 2 N–H and O–H groups in total. The third-order valence-corrected chi connectivity index (χ3v) is 5.51. The fraction of sp³-hybridized carbons (Fsp3) is 0.875. The van der Waals surface area contributed by atoms with Gasteiger partial charge in [-0.05, 0) is 44.7 Å². The molecule has 3 fully saturated rings. The molecular formula is C16H28N4O2. The molecule has 3 aliphatic rings. The molecule has 2 amide bonds. The Labute approximate surface area is 132 Å². The number of rotatable bonds is 4. The van der Waals surface area contributed by atoms with E-state index in [0.29, 0.717) is 24.4 Å². The van der Waals surface area contributed by atoms with E-state index >= 15 is 0 Å². The highest BCUT2D eigenvalue weighted by Crippen LogP contribution is 2.59. The Morgan fingerprint density at radius 3 is 2.50 bits per heavy atom. The van der Waals surface area contributed by atoms with Crippen LogP contribution in [0, 0.1) is 11.3 Å². The summed E-state index contributed by atoms with van der Waals surface area (Å²) in [5, 5.41) is 6.21. The highest BCUT2D eigenvalue weighted by atomic mass is 16.2. The summed E-state index contributed by atoms with van der Waals surface area (Å²) in [5.41, 5.74) is 0.320. The summed E-state index contributed by atoms with van der Waals surface area (Å²) in [5.74, 6) is 0.710. The van der Waals surface area contributed by atoms with Crippen molar-refractivity contribution in [3.8, 4) is 0 Å². The van der Waals surface area contributed by atoms with E-state index in [9.17, 15) is 9.59 Å². The van der Waals surface area contributed by atoms with Crippen molar-refractivity contribution in [2.24, 2.45) is 11.3 Å². The zero-order valence-corrected chi connectivity index (χ0v) is 13.6. The van der Waals surface area contributed by atoms with E-state index < -0.39 is 0 Å². The number of amides is 2. The summed E-state index contributed by atoms with van der Waals surface area (Å²) in [6, 6.07) is 0. The van der Waals surface area contributed by atoms with Crippen molar-refractivity contribution in [2.75, 3.05) is 52.4 Å². The van der Waals surface area contributed by atoms with Crippen molar-refractivity contribution < 1.29 is 9.59 Å². The zero-order valence-electron chi connectivity index (χ0n) is 13.6. The zero-order chi connectivity index (χ0) is 15.6. The highest BCUT2D eigenvalue weighted by molar-refractivity contribution is 5.83. The molecule has 6 nitrogen and oxygen atoms in total. The first-order valence-corrected chi connectivity index (χ1v) is 8.63. The third kappa shape index (κ3) is 3.27. The van der Waals surface area contributed by atoms with Crippen LogP contribution < -0.4 is 10.6 Å². The maximum absolute atomic E-state index is 12.7. The molecule has 1 unspecified atom stereocenters. The van der Waals surface area contributed by atoms with E-state index in [2.05, 4.69) is 15.5 Å². The Kier molecular flexibility index (Phi) is 4.68. The lowest BCUT2D eigenvalue weighted by Crippen LogP contribution is -2.51. The Morgan fingerprint density at radius 1 is 1.18 bits per heavy atom. The largest absolute Gasteiger partial charge is 0.355 e. The van der Waals surface area contributed by atoms with Crippen molar-refractivity contribution in [2.45, 2.75) is 26.2 Å². The fourth-order valence-electron chi connectivity index (χ4n) is 3.98. The molecule has 2 saturated heterocycles. The molecule has 0 radical (unpaired) electrons. The second-order valence-electron chi connectivity index (χ2n) is 6.92. The van der Waals surface area contributed by atoms with Crippen molar-refractivity contribution >= 4 is 11.8 Å². The summed E-state index contributed by atoms with van der Waals surface area (Å²) in [6.07, 6.45) is 3.40. The SMILES string of the molecule is CCNC(=O)CN1CCN(C(=O)C2CC23CCNCC3)CC1. The van der Waals surface area contributed by atoms with Gasteiger partial charge in [0.15, 0.2) is 0 Å². The van der Waals surface area contributed by atoms with Crippen molar-refractivity contribution in [3.63, 3.8) is 0 Å². The second kappa shape index (κ2) is 6.54. The average molecular weight is 308 g/mol. The second-order valence-corrected chi connectivity index (χ2v) is 6.92. The number of hydrogen-bond acceptors (Lipinski definition) is 4. The van der Waals surface area contributed by atoms with Crippen molar-refractivity contribution in [1.29, 1.82) is 0 Å². The number of nitrogens with zero attached hydrogens (tertiary/aromatic N) is 2. The van der Waals surface area contributed by atoms with E-state index in [1.54, 1.807) is 0 Å². The van der Waals surface area contributed by atoms with Gasteiger partial charge >= 0.3 is 0 Å². The molecule has 3 rings (SSSR count). The highest BCUT2D eigenvalue weighted by Gasteiger charge is 2.58. The van der Waals surface area contributed by atoms with E-state index in [1.165, 1.54) is 0 Å². The first-order valence-electron chi connectivity index (χ1n) is 8.63. The Morgan fingerprint density at radius 2 is 1.86 bits per heavy atom. The topological polar surface area (TPSA) is 64.7 Å². The minimum atomic E-state index is 0.0816. The van der Waals surface area contributed by atoms with Gasteiger partial charge in [-0.3, -0.25) is 14.5 Å². The molecule has 22 heavy (non-hydrogen) atoms. The van der Waals surface area contributed by atoms with Gasteiger partial charge in [-0.15, -0.1) is 0 Å². The monoisotopic (exact) mass is 308 g/mol. The van der Waals surface area contributed by atoms with Crippen LogP contribution in [0.4, 0.5) is 0 Å². The maximum atomic E-state index is 12.7. The van der Waals surface area contributed by atoms with E-state index in [0.717, 1.165) is 58.5 Å². The van der Waals surface area contributed by atoms with Gasteiger partial charge in [0.25, 0.3) is 0 Å². The van der Waals surface area contributed by atoms with Crippen LogP contribution in [-0.2, 0) is 9.59 Å². The van der Waals surface area contributed by atoms with Crippen molar-refractivity contribution in [1.82, 2.24) is 20.4 Å². The lowest BCUT2D eigenvalue weighted by atomic mass is 9.91. The molecule has 6 heteroatoms. The van der Waals surface area contributed by atoms with E-state index in [4.69, 9.17) is 0 Å². The number of carbonyl (C=O) groups excluding carboxylic acids is 2. The Balaban J connectivity index is 1.44. The minimum absolute atomic E-state index is 0.0816. The number of hydrogen-bond donors (Lipinski definition) is 2. The molecule has 0 bridgehead atoms. The molecular weight excluding hydrogens is 280 g/mol. The molecule has 124 valence electrons. The predicted molar refractivity (Wildman–Crippen MR) is 84.3 cm³/mol. The van der Waals surface area contributed by atoms with Gasteiger partial charge in [0, 0.05) is 38.6 Å². The number of piperazine rings is 1. The number of likely N-dealkylation sites (N-methyl/N-ethyl adjacent to an activating group) is 1. The number of nitrogens with one attached hydrogen (secondary N) is 2. The van der Waals surface area contributed by atoms with Crippen LogP contribution >= 0.6 is 0 Å². The van der Waals surface area contributed by atoms with Crippen LogP contribution in [0.25, 0.3) is 0 Å². The van der Waals surface area contributed by atoms with Crippen LogP contribution in [0.5, 0.6) is 0 Å². The van der Waals surface area contributed by atoms with Crippen LogP contribution in [0.15, 0.2) is 0 Å². The Hall–Kier alpha value is -1.14. The molecule has 2 heterocycles. The molecule has 1 aliphatic carbocycles. The normalized spacial score (nSPS) is 27.7. The lowest BCUT2D eigenvalue weighted by Gasteiger charge is -2.35. The summed E-state index contributed by atoms with van der Waals surface area (Å²) >= 11 is 0. The molecule has 0 aromatic rings. The number of carbonyl (C=O) groups is 2. The van der Waals surface area contributed by atoms with E-state index in [-0.39, 0.29) is 11.8 Å². The first kappa shape index (κ1) is 15.7. The summed E-state index contributed by atoms with van der Waals surface area (Å²) in [7, 11) is 0. The Bertz CT molecular complexity index is 426.